The van der Waals surface area contributed by atoms with E-state index in [2.05, 4.69) is 13.2 Å². The third kappa shape index (κ3) is 1.39. The van der Waals surface area contributed by atoms with Crippen molar-refractivity contribution in [3.8, 4) is 0 Å². The van der Waals surface area contributed by atoms with Gasteiger partial charge in [-0.15, -0.1) is 6.58 Å². The normalized spacial score (nSPS) is 39.9. The van der Waals surface area contributed by atoms with E-state index in [0.717, 1.165) is 12.8 Å². The molecular formula is C13H18O3. The van der Waals surface area contributed by atoms with Crippen molar-refractivity contribution in [3.63, 3.8) is 0 Å². The van der Waals surface area contributed by atoms with E-state index >= 15 is 0 Å². The van der Waals surface area contributed by atoms with Crippen molar-refractivity contribution >= 4 is 5.78 Å². The summed E-state index contributed by atoms with van der Waals surface area (Å²) in [6, 6.07) is 0. The van der Waals surface area contributed by atoms with Gasteiger partial charge < -0.3 is 10.2 Å². The molecule has 4 atom stereocenters. The Morgan fingerprint density at radius 1 is 1.56 bits per heavy atom. The maximum Gasteiger partial charge on any atom is 0.161 e. The highest BCUT2D eigenvalue weighted by Gasteiger charge is 2.58. The number of hydrogen-bond donors (Lipinski definition) is 2. The maximum atomic E-state index is 11.6. The Hall–Kier alpha value is -0.930. The van der Waals surface area contributed by atoms with Crippen LogP contribution in [0.15, 0.2) is 24.8 Å². The van der Waals surface area contributed by atoms with Crippen LogP contribution in [0.3, 0.4) is 0 Å². The fourth-order valence-corrected chi connectivity index (χ4v) is 3.24. The van der Waals surface area contributed by atoms with E-state index in [4.69, 9.17) is 0 Å². The zero-order valence-corrected chi connectivity index (χ0v) is 9.35. The molecule has 0 amide bonds. The van der Waals surface area contributed by atoms with Gasteiger partial charge in [0.15, 0.2) is 5.78 Å². The fourth-order valence-electron chi connectivity index (χ4n) is 3.24. The maximum absolute atomic E-state index is 11.6. The Bertz CT molecular complexity index is 347. The van der Waals surface area contributed by atoms with Crippen molar-refractivity contribution in [2.45, 2.75) is 37.4 Å². The predicted octanol–water partition coefficient (Wildman–Crippen LogP) is 1.21. The Kier molecular flexibility index (Phi) is 2.76. The quantitative estimate of drug-likeness (QED) is 0.557. The molecule has 0 aromatic rings. The van der Waals surface area contributed by atoms with E-state index in [-0.39, 0.29) is 17.6 Å². The predicted molar refractivity (Wildman–Crippen MR) is 60.7 cm³/mol. The minimum atomic E-state index is -1.17. The van der Waals surface area contributed by atoms with Crippen molar-refractivity contribution in [3.05, 3.63) is 24.8 Å². The third-order valence-electron chi connectivity index (χ3n) is 4.14. The minimum Gasteiger partial charge on any atom is -0.392 e. The molecule has 0 aliphatic heterocycles. The highest BCUT2D eigenvalue weighted by molar-refractivity contribution is 6.00. The highest BCUT2D eigenvalue weighted by atomic mass is 16.3. The number of carbonyl (C=O) groups excluding carboxylic acids is 1. The smallest absolute Gasteiger partial charge is 0.161 e. The van der Waals surface area contributed by atoms with Crippen LogP contribution in [0.2, 0.25) is 0 Å². The number of aliphatic hydroxyl groups is 2. The molecule has 0 bridgehead atoms. The van der Waals surface area contributed by atoms with Gasteiger partial charge in [0.1, 0.15) is 5.60 Å². The molecule has 0 unspecified atom stereocenters. The van der Waals surface area contributed by atoms with Gasteiger partial charge in [0.05, 0.1) is 6.10 Å². The molecule has 0 aromatic heterocycles. The number of rotatable bonds is 3. The minimum absolute atomic E-state index is 0.0445. The van der Waals surface area contributed by atoms with E-state index < -0.39 is 11.7 Å². The molecule has 2 N–H and O–H groups in total. The van der Waals surface area contributed by atoms with E-state index in [0.29, 0.717) is 18.4 Å². The largest absolute Gasteiger partial charge is 0.392 e. The molecule has 2 aliphatic carbocycles. The molecule has 2 aliphatic rings. The van der Waals surface area contributed by atoms with Crippen LogP contribution in [0.1, 0.15) is 25.7 Å². The van der Waals surface area contributed by atoms with Crippen LogP contribution in [0.25, 0.3) is 0 Å². The lowest BCUT2D eigenvalue weighted by Crippen LogP contribution is -2.43. The zero-order valence-electron chi connectivity index (χ0n) is 9.35. The molecule has 2 rings (SSSR count). The molecule has 16 heavy (non-hydrogen) atoms. The Balaban J connectivity index is 2.27. The van der Waals surface area contributed by atoms with E-state index in [1.165, 1.54) is 0 Å². The molecule has 0 aromatic carbocycles. The first kappa shape index (κ1) is 11.6. The van der Waals surface area contributed by atoms with Crippen molar-refractivity contribution in [2.24, 2.45) is 11.8 Å². The van der Waals surface area contributed by atoms with Gasteiger partial charge in [-0.3, -0.25) is 4.79 Å². The number of Topliss-reactive ketones (excluding diaryl/α,β-unsaturated/α-hetero) is 1. The first-order valence-corrected chi connectivity index (χ1v) is 5.75. The van der Waals surface area contributed by atoms with Gasteiger partial charge in [0.25, 0.3) is 0 Å². The van der Waals surface area contributed by atoms with E-state index in [1.54, 1.807) is 6.08 Å². The summed E-state index contributed by atoms with van der Waals surface area (Å²) in [6.07, 6.45) is 3.38. The van der Waals surface area contributed by atoms with Gasteiger partial charge in [-0.2, -0.15) is 0 Å². The highest BCUT2D eigenvalue weighted by Crippen LogP contribution is 2.53. The SMILES string of the molecule is C=CC[C@@H](O)[C@H]1CC[C@H]2CC(=O)C(=C)[C@]21O. The summed E-state index contributed by atoms with van der Waals surface area (Å²) in [6.45, 7) is 7.29. The molecule has 2 fully saturated rings. The Morgan fingerprint density at radius 3 is 2.88 bits per heavy atom. The second-order valence-corrected chi connectivity index (χ2v) is 4.90. The van der Waals surface area contributed by atoms with Gasteiger partial charge in [0.2, 0.25) is 0 Å². The topological polar surface area (TPSA) is 57.5 Å². The first-order chi connectivity index (χ1) is 7.51. The number of fused-ring (bicyclic) bond motifs is 1. The summed E-state index contributed by atoms with van der Waals surface area (Å²) < 4.78 is 0. The second-order valence-electron chi connectivity index (χ2n) is 4.90. The molecule has 3 heteroatoms. The van der Waals surface area contributed by atoms with Crippen LogP contribution in [0, 0.1) is 11.8 Å². The standard InChI is InChI=1S/C13H18O3/c1-3-4-11(14)10-6-5-9-7-12(15)8(2)13(9,10)16/h3,9-11,14,16H,1-2,4-7H2/t9-,10+,11+,13-/m0/s1. The van der Waals surface area contributed by atoms with Crippen molar-refractivity contribution in [2.75, 3.05) is 0 Å². The molecule has 0 radical (unpaired) electrons. The number of carbonyl (C=O) groups is 1. The molecule has 0 spiro atoms. The molecule has 0 heterocycles. The summed E-state index contributed by atoms with van der Waals surface area (Å²) >= 11 is 0. The molecule has 2 saturated carbocycles. The van der Waals surface area contributed by atoms with Gasteiger partial charge in [0, 0.05) is 17.9 Å². The lowest BCUT2D eigenvalue weighted by atomic mass is 9.80. The number of aliphatic hydroxyl groups excluding tert-OH is 1. The van der Waals surface area contributed by atoms with Crippen molar-refractivity contribution in [1.82, 2.24) is 0 Å². The van der Waals surface area contributed by atoms with Gasteiger partial charge in [-0.25, -0.2) is 0 Å². The van der Waals surface area contributed by atoms with Crippen LogP contribution >= 0.6 is 0 Å². The van der Waals surface area contributed by atoms with Crippen LogP contribution < -0.4 is 0 Å². The van der Waals surface area contributed by atoms with E-state index in [1.807, 2.05) is 0 Å². The van der Waals surface area contributed by atoms with Crippen molar-refractivity contribution in [1.29, 1.82) is 0 Å². The van der Waals surface area contributed by atoms with Crippen LogP contribution in [0.5, 0.6) is 0 Å². The molecule has 88 valence electrons. The summed E-state index contributed by atoms with van der Waals surface area (Å²) in [7, 11) is 0. The van der Waals surface area contributed by atoms with Crippen LogP contribution in [-0.4, -0.2) is 27.7 Å². The Morgan fingerprint density at radius 2 is 2.25 bits per heavy atom. The summed E-state index contributed by atoms with van der Waals surface area (Å²) in [5, 5.41) is 20.6. The molecule has 3 nitrogen and oxygen atoms in total. The van der Waals surface area contributed by atoms with Gasteiger partial charge in [-0.05, 0) is 25.2 Å². The Labute approximate surface area is 95.5 Å². The summed E-state index contributed by atoms with van der Waals surface area (Å²) in [5.74, 6) is -0.366. The fraction of sp³-hybridized carbons (Fsp3) is 0.615. The van der Waals surface area contributed by atoms with Gasteiger partial charge >= 0.3 is 0 Å². The molecular weight excluding hydrogens is 204 g/mol. The zero-order chi connectivity index (χ0) is 11.9. The first-order valence-electron chi connectivity index (χ1n) is 5.75. The monoisotopic (exact) mass is 222 g/mol. The summed E-state index contributed by atoms with van der Waals surface area (Å²) in [4.78, 5) is 11.6. The van der Waals surface area contributed by atoms with Crippen molar-refractivity contribution < 1.29 is 15.0 Å². The van der Waals surface area contributed by atoms with Crippen LogP contribution in [-0.2, 0) is 4.79 Å². The average molecular weight is 222 g/mol. The van der Waals surface area contributed by atoms with Gasteiger partial charge in [-0.1, -0.05) is 12.7 Å². The molecule has 0 saturated heterocycles. The second kappa shape index (κ2) is 3.82. The lowest BCUT2D eigenvalue weighted by Gasteiger charge is -2.33. The average Bonchev–Trinajstić information content (AvgIpc) is 2.65. The van der Waals surface area contributed by atoms with Crippen LogP contribution in [0.4, 0.5) is 0 Å². The summed E-state index contributed by atoms with van der Waals surface area (Å²) in [5.41, 5.74) is -0.873. The number of hydrogen-bond acceptors (Lipinski definition) is 3. The number of ketones is 1. The lowest BCUT2D eigenvalue weighted by molar-refractivity contribution is -0.115. The third-order valence-corrected chi connectivity index (χ3v) is 4.14. The van der Waals surface area contributed by atoms with E-state index in [9.17, 15) is 15.0 Å².